The van der Waals surface area contributed by atoms with Crippen LogP contribution in [0.2, 0.25) is 0 Å². The molecule has 4 N–H and O–H groups in total. The third kappa shape index (κ3) is 2.08. The molecular formula is C9H16N4. The summed E-state index contributed by atoms with van der Waals surface area (Å²) in [6, 6.07) is 1.80. The van der Waals surface area contributed by atoms with Gasteiger partial charge in [0.05, 0.1) is 0 Å². The molecule has 1 heterocycles. The maximum absolute atomic E-state index is 5.70. The molecule has 1 unspecified atom stereocenters. The van der Waals surface area contributed by atoms with Gasteiger partial charge in [0.2, 0.25) is 0 Å². The minimum Gasteiger partial charge on any atom is -0.382 e. The topological polar surface area (TPSA) is 77.8 Å². The van der Waals surface area contributed by atoms with Crippen LogP contribution in [-0.2, 0) is 0 Å². The van der Waals surface area contributed by atoms with Crippen LogP contribution < -0.4 is 11.5 Å². The normalized spacial score (nSPS) is 13.2. The molecule has 4 heteroatoms. The van der Waals surface area contributed by atoms with Gasteiger partial charge in [0.25, 0.3) is 0 Å². The highest BCUT2D eigenvalue weighted by molar-refractivity contribution is 5.46. The highest BCUT2D eigenvalue weighted by Gasteiger charge is 2.14. The molecule has 1 atom stereocenters. The Morgan fingerprint density at radius 2 is 1.77 bits per heavy atom. The number of aromatic nitrogens is 2. The summed E-state index contributed by atoms with van der Waals surface area (Å²) in [4.78, 5) is 0. The van der Waals surface area contributed by atoms with Crippen LogP contribution in [0.15, 0.2) is 6.07 Å². The van der Waals surface area contributed by atoms with Gasteiger partial charge in [-0.3, -0.25) is 0 Å². The van der Waals surface area contributed by atoms with E-state index >= 15 is 0 Å². The van der Waals surface area contributed by atoms with E-state index in [-0.39, 0.29) is 0 Å². The van der Waals surface area contributed by atoms with Crippen molar-refractivity contribution in [3.8, 4) is 0 Å². The minimum atomic E-state index is 0.359. The fourth-order valence-electron chi connectivity index (χ4n) is 1.16. The Hall–Kier alpha value is -1.32. The Bertz CT molecular complexity index is 296. The first-order valence-electron chi connectivity index (χ1n) is 4.41. The van der Waals surface area contributed by atoms with E-state index in [1.165, 1.54) is 0 Å². The Balaban J connectivity index is 3.05. The van der Waals surface area contributed by atoms with Crippen LogP contribution in [0.1, 0.15) is 32.3 Å². The first-order chi connectivity index (χ1) is 6.02. The number of hydrogen-bond acceptors (Lipinski definition) is 4. The molecule has 13 heavy (non-hydrogen) atoms. The molecule has 0 saturated carbocycles. The molecule has 0 aliphatic rings. The number of rotatable bonds is 2. The molecule has 72 valence electrons. The summed E-state index contributed by atoms with van der Waals surface area (Å²) in [6.45, 7) is 6.39. The summed E-state index contributed by atoms with van der Waals surface area (Å²) in [5.74, 6) is 1.79. The van der Waals surface area contributed by atoms with Crippen molar-refractivity contribution in [2.45, 2.75) is 26.7 Å². The van der Waals surface area contributed by atoms with Crippen molar-refractivity contribution in [2.75, 3.05) is 11.5 Å². The van der Waals surface area contributed by atoms with E-state index in [0.29, 0.717) is 23.5 Å². The van der Waals surface area contributed by atoms with Crippen molar-refractivity contribution < 1.29 is 0 Å². The number of hydrogen-bond donors (Lipinski definition) is 2. The van der Waals surface area contributed by atoms with Gasteiger partial charge in [-0.1, -0.05) is 20.8 Å². The second-order valence-electron chi connectivity index (χ2n) is 3.64. The number of nitrogens with two attached hydrogens (primary N) is 2. The maximum atomic E-state index is 5.70. The summed E-state index contributed by atoms with van der Waals surface area (Å²) in [5, 5.41) is 7.47. The smallest absolute Gasteiger partial charge is 0.149 e. The largest absolute Gasteiger partial charge is 0.382 e. The van der Waals surface area contributed by atoms with E-state index in [9.17, 15) is 0 Å². The lowest BCUT2D eigenvalue weighted by Crippen LogP contribution is -2.09. The molecule has 0 aliphatic carbocycles. The Morgan fingerprint density at radius 3 is 2.31 bits per heavy atom. The summed E-state index contributed by atoms with van der Waals surface area (Å²) < 4.78 is 0. The first kappa shape index (κ1) is 9.77. The molecule has 1 aromatic heterocycles. The SMILES string of the molecule is CC(C)C(C)c1cc(N)nnc1N. The lowest BCUT2D eigenvalue weighted by molar-refractivity contribution is 0.534. The van der Waals surface area contributed by atoms with Crippen molar-refractivity contribution in [3.63, 3.8) is 0 Å². The Labute approximate surface area is 78.3 Å². The second-order valence-corrected chi connectivity index (χ2v) is 3.64. The molecule has 0 aromatic carbocycles. The maximum Gasteiger partial charge on any atom is 0.149 e. The summed E-state index contributed by atoms with van der Waals surface area (Å²) in [7, 11) is 0. The first-order valence-corrected chi connectivity index (χ1v) is 4.41. The monoisotopic (exact) mass is 180 g/mol. The van der Waals surface area contributed by atoms with Crippen LogP contribution in [-0.4, -0.2) is 10.2 Å². The fourth-order valence-corrected chi connectivity index (χ4v) is 1.16. The molecule has 0 radical (unpaired) electrons. The van der Waals surface area contributed by atoms with Crippen molar-refractivity contribution >= 4 is 11.6 Å². The van der Waals surface area contributed by atoms with Gasteiger partial charge in [0.1, 0.15) is 11.6 Å². The molecule has 1 rings (SSSR count). The van der Waals surface area contributed by atoms with Gasteiger partial charge in [-0.15, -0.1) is 10.2 Å². The molecule has 4 nitrogen and oxygen atoms in total. The third-order valence-electron chi connectivity index (χ3n) is 2.36. The van der Waals surface area contributed by atoms with Crippen molar-refractivity contribution in [1.82, 2.24) is 10.2 Å². The Morgan fingerprint density at radius 1 is 1.15 bits per heavy atom. The molecule has 0 saturated heterocycles. The van der Waals surface area contributed by atoms with Gasteiger partial charge >= 0.3 is 0 Å². The van der Waals surface area contributed by atoms with E-state index in [2.05, 4.69) is 31.0 Å². The van der Waals surface area contributed by atoms with Gasteiger partial charge < -0.3 is 11.5 Å². The van der Waals surface area contributed by atoms with E-state index < -0.39 is 0 Å². The summed E-state index contributed by atoms with van der Waals surface area (Å²) >= 11 is 0. The van der Waals surface area contributed by atoms with E-state index in [1.54, 1.807) is 6.07 Å². The van der Waals surface area contributed by atoms with Crippen LogP contribution in [0.5, 0.6) is 0 Å². The molecule has 0 spiro atoms. The number of anilines is 2. The van der Waals surface area contributed by atoms with Gasteiger partial charge in [-0.25, -0.2) is 0 Å². The molecule has 0 aliphatic heterocycles. The highest BCUT2D eigenvalue weighted by Crippen LogP contribution is 2.27. The predicted molar refractivity (Wildman–Crippen MR) is 54.1 cm³/mol. The van der Waals surface area contributed by atoms with Crippen LogP contribution in [0.4, 0.5) is 11.6 Å². The quantitative estimate of drug-likeness (QED) is 0.721. The van der Waals surface area contributed by atoms with E-state index in [0.717, 1.165) is 5.56 Å². The second kappa shape index (κ2) is 3.60. The number of nitrogen functional groups attached to an aromatic ring is 2. The predicted octanol–water partition coefficient (Wildman–Crippen LogP) is 1.40. The van der Waals surface area contributed by atoms with Crippen molar-refractivity contribution in [2.24, 2.45) is 5.92 Å². The van der Waals surface area contributed by atoms with Crippen LogP contribution >= 0.6 is 0 Å². The molecule has 0 bridgehead atoms. The van der Waals surface area contributed by atoms with Crippen molar-refractivity contribution in [3.05, 3.63) is 11.6 Å². The van der Waals surface area contributed by atoms with Gasteiger partial charge in [-0.05, 0) is 17.9 Å². The van der Waals surface area contributed by atoms with Gasteiger partial charge in [-0.2, -0.15) is 0 Å². The zero-order valence-electron chi connectivity index (χ0n) is 8.28. The summed E-state index contributed by atoms with van der Waals surface area (Å²) in [5.41, 5.74) is 12.2. The average molecular weight is 180 g/mol. The Kier molecular flexibility index (Phi) is 2.70. The lowest BCUT2D eigenvalue weighted by Gasteiger charge is -2.16. The van der Waals surface area contributed by atoms with Crippen LogP contribution in [0.25, 0.3) is 0 Å². The van der Waals surface area contributed by atoms with Crippen LogP contribution in [0.3, 0.4) is 0 Å². The fraction of sp³-hybridized carbons (Fsp3) is 0.556. The lowest BCUT2D eigenvalue weighted by atomic mass is 9.91. The molecule has 0 fully saturated rings. The van der Waals surface area contributed by atoms with Crippen LogP contribution in [0, 0.1) is 5.92 Å². The zero-order chi connectivity index (χ0) is 10.0. The molecule has 0 amide bonds. The number of nitrogens with zero attached hydrogens (tertiary/aromatic N) is 2. The molecule has 1 aromatic rings. The zero-order valence-corrected chi connectivity index (χ0v) is 8.28. The van der Waals surface area contributed by atoms with Gasteiger partial charge in [0.15, 0.2) is 0 Å². The van der Waals surface area contributed by atoms with Crippen molar-refractivity contribution in [1.29, 1.82) is 0 Å². The summed E-state index contributed by atoms with van der Waals surface area (Å²) in [6.07, 6.45) is 0. The minimum absolute atomic E-state index is 0.359. The third-order valence-corrected chi connectivity index (χ3v) is 2.36. The van der Waals surface area contributed by atoms with Gasteiger partial charge in [0, 0.05) is 5.56 Å². The molecular weight excluding hydrogens is 164 g/mol. The van der Waals surface area contributed by atoms with E-state index in [4.69, 9.17) is 11.5 Å². The van der Waals surface area contributed by atoms with E-state index in [1.807, 2.05) is 0 Å². The highest BCUT2D eigenvalue weighted by atomic mass is 15.2. The average Bonchev–Trinajstić information content (AvgIpc) is 2.08. The standard InChI is InChI=1S/C9H16N4/c1-5(2)6(3)7-4-8(10)12-13-9(7)11/h4-6H,1-3H3,(H2,10,12)(H2,11,13).